The van der Waals surface area contributed by atoms with Gasteiger partial charge in [0, 0.05) is 0 Å². The van der Waals surface area contributed by atoms with Crippen molar-refractivity contribution in [1.29, 1.82) is 0 Å². The first kappa shape index (κ1) is 14.0. The topological polar surface area (TPSA) is 38.3 Å². The normalized spacial score (nSPS) is 12.3. The fraction of sp³-hybridized carbons (Fsp3) is 0.462. The Bertz CT molecular complexity index is 362. The summed E-state index contributed by atoms with van der Waals surface area (Å²) in [6.45, 7) is 5.94. The molecule has 0 aliphatic heterocycles. The van der Waals surface area contributed by atoms with Crippen LogP contribution in [0.2, 0.25) is 0 Å². The zero-order valence-electron chi connectivity index (χ0n) is 10.4. The van der Waals surface area contributed by atoms with Gasteiger partial charge in [-0.15, -0.1) is 0 Å². The predicted octanol–water partition coefficient (Wildman–Crippen LogP) is 3.05. The summed E-state index contributed by atoms with van der Waals surface area (Å²) in [5.41, 5.74) is 1.07. The number of halogens is 1. The summed E-state index contributed by atoms with van der Waals surface area (Å²) in [4.78, 5) is 11.2. The summed E-state index contributed by atoms with van der Waals surface area (Å²) in [6.07, 6.45) is 0.173. The standard InChI is InChI=1S/C13H18BrNO2/c1-9(2)17-12-6-4-11(5-7-12)10(3)15-13(16)8-14/h4-7,9-10H,8H2,1-3H3,(H,15,16). The third kappa shape index (κ3) is 4.77. The van der Waals surface area contributed by atoms with Crippen LogP contribution in [0, 0.1) is 0 Å². The Morgan fingerprint density at radius 3 is 2.35 bits per heavy atom. The lowest BCUT2D eigenvalue weighted by Gasteiger charge is -2.15. The molecule has 17 heavy (non-hydrogen) atoms. The van der Waals surface area contributed by atoms with Crippen LogP contribution in [-0.2, 0) is 4.79 Å². The summed E-state index contributed by atoms with van der Waals surface area (Å²) in [7, 11) is 0. The first-order chi connectivity index (χ1) is 8.02. The molecule has 1 unspecified atom stereocenters. The molecule has 1 N–H and O–H groups in total. The van der Waals surface area contributed by atoms with Gasteiger partial charge in [0.25, 0.3) is 0 Å². The van der Waals surface area contributed by atoms with Crippen LogP contribution in [0.5, 0.6) is 5.75 Å². The van der Waals surface area contributed by atoms with Crippen molar-refractivity contribution in [2.75, 3.05) is 5.33 Å². The molecular formula is C13H18BrNO2. The molecule has 3 nitrogen and oxygen atoms in total. The number of alkyl halides is 1. The number of rotatable bonds is 5. The van der Waals surface area contributed by atoms with E-state index in [1.165, 1.54) is 0 Å². The molecule has 0 radical (unpaired) electrons. The van der Waals surface area contributed by atoms with E-state index < -0.39 is 0 Å². The second kappa shape index (κ2) is 6.64. The number of carbonyl (C=O) groups excluding carboxylic acids is 1. The Kier molecular flexibility index (Phi) is 5.48. The van der Waals surface area contributed by atoms with E-state index in [4.69, 9.17) is 4.74 Å². The van der Waals surface area contributed by atoms with Crippen LogP contribution in [0.25, 0.3) is 0 Å². The molecule has 0 aliphatic carbocycles. The largest absolute Gasteiger partial charge is 0.491 e. The lowest BCUT2D eigenvalue weighted by atomic mass is 10.1. The quantitative estimate of drug-likeness (QED) is 0.849. The van der Waals surface area contributed by atoms with E-state index in [-0.39, 0.29) is 18.1 Å². The van der Waals surface area contributed by atoms with Crippen molar-refractivity contribution in [3.8, 4) is 5.75 Å². The molecular weight excluding hydrogens is 282 g/mol. The van der Waals surface area contributed by atoms with E-state index in [9.17, 15) is 4.79 Å². The summed E-state index contributed by atoms with van der Waals surface area (Å²) >= 11 is 3.12. The zero-order chi connectivity index (χ0) is 12.8. The molecule has 0 aliphatic rings. The molecule has 0 heterocycles. The summed E-state index contributed by atoms with van der Waals surface area (Å²) < 4.78 is 5.56. The molecule has 1 rings (SSSR count). The van der Waals surface area contributed by atoms with Gasteiger partial charge in [-0.2, -0.15) is 0 Å². The Labute approximate surface area is 111 Å². The third-order valence-corrected chi connectivity index (χ3v) is 2.76. The van der Waals surface area contributed by atoms with Gasteiger partial charge in [0.05, 0.1) is 17.5 Å². The van der Waals surface area contributed by atoms with Crippen LogP contribution in [0.4, 0.5) is 0 Å². The van der Waals surface area contributed by atoms with Gasteiger partial charge >= 0.3 is 0 Å². The number of carbonyl (C=O) groups is 1. The first-order valence-corrected chi connectivity index (χ1v) is 6.77. The van der Waals surface area contributed by atoms with Gasteiger partial charge in [0.1, 0.15) is 5.75 Å². The van der Waals surface area contributed by atoms with Crippen molar-refractivity contribution >= 4 is 21.8 Å². The number of amides is 1. The van der Waals surface area contributed by atoms with Crippen LogP contribution in [0.1, 0.15) is 32.4 Å². The third-order valence-electron chi connectivity index (χ3n) is 2.25. The molecule has 1 amide bonds. The minimum absolute atomic E-state index is 0.00755. The van der Waals surface area contributed by atoms with Crippen molar-refractivity contribution in [2.24, 2.45) is 0 Å². The van der Waals surface area contributed by atoms with Gasteiger partial charge in [-0.05, 0) is 38.5 Å². The molecule has 0 saturated carbocycles. The Balaban J connectivity index is 2.63. The average Bonchev–Trinajstić information content (AvgIpc) is 2.28. The van der Waals surface area contributed by atoms with E-state index in [0.29, 0.717) is 5.33 Å². The van der Waals surface area contributed by atoms with Gasteiger partial charge in [0.15, 0.2) is 0 Å². The Morgan fingerprint density at radius 1 is 1.29 bits per heavy atom. The van der Waals surface area contributed by atoms with Crippen molar-refractivity contribution in [3.63, 3.8) is 0 Å². The molecule has 0 fully saturated rings. The molecule has 1 aromatic rings. The van der Waals surface area contributed by atoms with E-state index >= 15 is 0 Å². The highest BCUT2D eigenvalue weighted by molar-refractivity contribution is 9.09. The lowest BCUT2D eigenvalue weighted by Crippen LogP contribution is -2.27. The van der Waals surface area contributed by atoms with Gasteiger partial charge in [-0.25, -0.2) is 0 Å². The van der Waals surface area contributed by atoms with Crippen LogP contribution >= 0.6 is 15.9 Å². The fourth-order valence-corrected chi connectivity index (χ4v) is 1.63. The summed E-state index contributed by atoms with van der Waals surface area (Å²) in [5, 5.41) is 3.20. The van der Waals surface area contributed by atoms with Crippen molar-refractivity contribution in [3.05, 3.63) is 29.8 Å². The van der Waals surface area contributed by atoms with Gasteiger partial charge in [-0.1, -0.05) is 28.1 Å². The van der Waals surface area contributed by atoms with Crippen molar-refractivity contribution in [1.82, 2.24) is 5.32 Å². The van der Waals surface area contributed by atoms with E-state index in [0.717, 1.165) is 11.3 Å². The number of hydrogen-bond acceptors (Lipinski definition) is 2. The molecule has 94 valence electrons. The summed E-state index contributed by atoms with van der Waals surface area (Å²) in [5.74, 6) is 0.836. The van der Waals surface area contributed by atoms with Gasteiger partial charge in [-0.3, -0.25) is 4.79 Å². The molecule has 0 bridgehead atoms. The second-order valence-corrected chi connectivity index (χ2v) is 4.72. The number of nitrogens with one attached hydrogen (secondary N) is 1. The number of benzene rings is 1. The van der Waals surface area contributed by atoms with Crippen LogP contribution in [0.3, 0.4) is 0 Å². The van der Waals surface area contributed by atoms with E-state index in [1.54, 1.807) is 0 Å². The highest BCUT2D eigenvalue weighted by Gasteiger charge is 2.08. The highest BCUT2D eigenvalue weighted by atomic mass is 79.9. The minimum atomic E-state index is -0.0139. The summed E-state index contributed by atoms with van der Waals surface area (Å²) in [6, 6.07) is 7.79. The Hall–Kier alpha value is -1.03. The molecule has 0 aromatic heterocycles. The maximum Gasteiger partial charge on any atom is 0.231 e. The van der Waals surface area contributed by atoms with Crippen LogP contribution < -0.4 is 10.1 Å². The number of hydrogen-bond donors (Lipinski definition) is 1. The first-order valence-electron chi connectivity index (χ1n) is 5.65. The highest BCUT2D eigenvalue weighted by Crippen LogP contribution is 2.18. The molecule has 0 saturated heterocycles. The smallest absolute Gasteiger partial charge is 0.231 e. The van der Waals surface area contributed by atoms with Gasteiger partial charge in [0.2, 0.25) is 5.91 Å². The molecule has 1 atom stereocenters. The number of ether oxygens (including phenoxy) is 1. The molecule has 4 heteroatoms. The SMILES string of the molecule is CC(C)Oc1ccc(C(C)NC(=O)CBr)cc1. The van der Waals surface area contributed by atoms with Gasteiger partial charge < -0.3 is 10.1 Å². The van der Waals surface area contributed by atoms with Crippen LogP contribution in [0.15, 0.2) is 24.3 Å². The second-order valence-electron chi connectivity index (χ2n) is 4.16. The van der Waals surface area contributed by atoms with Crippen LogP contribution in [-0.4, -0.2) is 17.3 Å². The molecule has 1 aromatic carbocycles. The lowest BCUT2D eigenvalue weighted by molar-refractivity contribution is -0.119. The zero-order valence-corrected chi connectivity index (χ0v) is 12.0. The van der Waals surface area contributed by atoms with E-state index in [2.05, 4.69) is 21.2 Å². The fourth-order valence-electron chi connectivity index (χ4n) is 1.47. The molecule has 0 spiro atoms. The maximum atomic E-state index is 11.2. The van der Waals surface area contributed by atoms with Crippen molar-refractivity contribution < 1.29 is 9.53 Å². The average molecular weight is 300 g/mol. The maximum absolute atomic E-state index is 11.2. The van der Waals surface area contributed by atoms with E-state index in [1.807, 2.05) is 45.0 Å². The minimum Gasteiger partial charge on any atom is -0.491 e. The van der Waals surface area contributed by atoms with Crippen molar-refractivity contribution in [2.45, 2.75) is 32.9 Å². The Morgan fingerprint density at radius 2 is 1.88 bits per heavy atom. The monoisotopic (exact) mass is 299 g/mol. The predicted molar refractivity (Wildman–Crippen MR) is 72.6 cm³/mol.